The number of imidazole rings is 1. The molecule has 3 aromatic rings. The number of alkyl halides is 1. The highest BCUT2D eigenvalue weighted by molar-refractivity contribution is 6.00. The van der Waals surface area contributed by atoms with Gasteiger partial charge in [0.2, 0.25) is 11.8 Å². The van der Waals surface area contributed by atoms with Gasteiger partial charge in [-0.2, -0.15) is 4.98 Å². The van der Waals surface area contributed by atoms with Crippen LogP contribution in [0.2, 0.25) is 0 Å². The number of benzene rings is 1. The summed E-state index contributed by atoms with van der Waals surface area (Å²) in [4.78, 5) is 26.1. The predicted molar refractivity (Wildman–Crippen MR) is 151 cm³/mol. The minimum Gasteiger partial charge on any atom is -0.339 e. The van der Waals surface area contributed by atoms with Gasteiger partial charge in [-0.1, -0.05) is 17.3 Å². The molecule has 0 spiro atoms. The van der Waals surface area contributed by atoms with Crippen LogP contribution in [0.1, 0.15) is 113 Å². The van der Waals surface area contributed by atoms with Gasteiger partial charge in [-0.15, -0.1) is 0 Å². The Morgan fingerprint density at radius 2 is 1.73 bits per heavy atom. The van der Waals surface area contributed by atoms with E-state index in [1.165, 1.54) is 25.7 Å². The van der Waals surface area contributed by atoms with E-state index in [9.17, 15) is 9.18 Å². The summed E-state index contributed by atoms with van der Waals surface area (Å²) in [5.74, 6) is 4.08. The molecule has 2 aromatic heterocycles. The second kappa shape index (κ2) is 8.07. The smallest absolute Gasteiger partial charge is 0.233 e. The summed E-state index contributed by atoms with van der Waals surface area (Å²) < 4.78 is 22.6. The number of halogens is 1. The lowest BCUT2D eigenvalue weighted by molar-refractivity contribution is -0.211. The SMILES string of the molecule is Cn1cc(-c2cccc(N(CC34CCC(c5nc(C6CC6)no5)(CC3)CC4)C(=O)C34CC(F)(C3)C4)c2)nc1C1CC1. The maximum atomic E-state index is 14.6. The number of hydrogen-bond donors (Lipinski definition) is 0. The van der Waals surface area contributed by atoms with Crippen molar-refractivity contribution >= 4 is 11.6 Å². The second-order valence-electron chi connectivity index (χ2n) is 14.8. The minimum atomic E-state index is -1.10. The summed E-state index contributed by atoms with van der Waals surface area (Å²) in [6.07, 6.45) is 14.2. The molecule has 1 amide bonds. The first-order chi connectivity index (χ1) is 19.8. The third kappa shape index (κ3) is 3.74. The zero-order valence-corrected chi connectivity index (χ0v) is 23.9. The summed E-state index contributed by atoms with van der Waals surface area (Å²) >= 11 is 0. The van der Waals surface area contributed by atoms with Crippen LogP contribution in [0.25, 0.3) is 11.3 Å². The Labute approximate surface area is 239 Å². The fourth-order valence-corrected chi connectivity index (χ4v) is 8.75. The van der Waals surface area contributed by atoms with Crippen LogP contribution in [0.3, 0.4) is 0 Å². The van der Waals surface area contributed by atoms with Gasteiger partial charge in [0.05, 0.1) is 11.1 Å². The lowest BCUT2D eigenvalue weighted by atomic mass is 9.41. The quantitative estimate of drug-likeness (QED) is 0.308. The Balaban J connectivity index is 1.00. The van der Waals surface area contributed by atoms with Crippen molar-refractivity contribution in [1.82, 2.24) is 19.7 Å². The first-order valence-electron chi connectivity index (χ1n) is 15.8. The number of aryl methyl sites for hydroxylation is 1. The molecular formula is C33H38FN5O2. The van der Waals surface area contributed by atoms with Crippen molar-refractivity contribution in [1.29, 1.82) is 0 Å². The van der Waals surface area contributed by atoms with E-state index in [2.05, 4.69) is 41.2 Å². The predicted octanol–water partition coefficient (Wildman–Crippen LogP) is 6.74. The maximum Gasteiger partial charge on any atom is 0.233 e. The normalized spacial score (nSPS) is 35.2. The van der Waals surface area contributed by atoms with Crippen LogP contribution >= 0.6 is 0 Å². The molecule has 4 bridgehead atoms. The van der Waals surface area contributed by atoms with Gasteiger partial charge in [0.1, 0.15) is 11.5 Å². The third-order valence-electron chi connectivity index (χ3n) is 11.7. The van der Waals surface area contributed by atoms with Gasteiger partial charge < -0.3 is 14.0 Å². The molecule has 8 saturated carbocycles. The number of fused-ring (bicyclic) bond motifs is 3. The Kier molecular flexibility index (Phi) is 4.84. The number of hydrogen-bond acceptors (Lipinski definition) is 5. The topological polar surface area (TPSA) is 77.0 Å². The molecule has 2 heterocycles. The van der Waals surface area contributed by atoms with Crippen molar-refractivity contribution in [2.75, 3.05) is 11.4 Å². The maximum absolute atomic E-state index is 14.6. The third-order valence-corrected chi connectivity index (χ3v) is 11.7. The molecule has 0 radical (unpaired) electrons. The number of rotatable bonds is 8. The summed E-state index contributed by atoms with van der Waals surface area (Å²) in [5, 5.41) is 4.32. The lowest BCUT2D eigenvalue weighted by Gasteiger charge is -2.65. The highest BCUT2D eigenvalue weighted by atomic mass is 19.1. The molecule has 8 aliphatic rings. The summed E-state index contributed by atoms with van der Waals surface area (Å²) in [7, 11) is 2.08. The lowest BCUT2D eigenvalue weighted by Crippen LogP contribution is -2.71. The van der Waals surface area contributed by atoms with E-state index >= 15 is 0 Å². The minimum absolute atomic E-state index is 0.0106. The first-order valence-corrected chi connectivity index (χ1v) is 15.8. The molecule has 8 aliphatic carbocycles. The highest BCUT2D eigenvalue weighted by Gasteiger charge is 2.73. The van der Waals surface area contributed by atoms with Crippen LogP contribution in [-0.4, -0.2) is 37.8 Å². The molecular weight excluding hydrogens is 517 g/mol. The number of carbonyl (C=O) groups is 1. The summed E-state index contributed by atoms with van der Waals surface area (Å²) in [5.41, 5.74) is 1.35. The molecule has 0 atom stereocenters. The van der Waals surface area contributed by atoms with Crippen LogP contribution in [0.4, 0.5) is 10.1 Å². The largest absolute Gasteiger partial charge is 0.339 e. The number of nitrogens with zero attached hydrogens (tertiary/aromatic N) is 5. The Hall–Kier alpha value is -3.03. The van der Waals surface area contributed by atoms with Gasteiger partial charge >= 0.3 is 0 Å². The standard InChI is InChI=1S/C33H38FN5O2/c1-38-16-25(35-27(38)22-7-8-22)23-3-2-4-24(15-23)39(29(40)32-17-33(34,18-32)19-32)20-30-9-12-31(13-10-30,14-11-30)28-36-26(37-41-28)21-5-6-21/h2-4,15-16,21-22H,5-14,17-20H2,1H3. The fourth-order valence-electron chi connectivity index (χ4n) is 8.75. The Morgan fingerprint density at radius 1 is 1.02 bits per heavy atom. The van der Waals surface area contributed by atoms with Crippen molar-refractivity contribution < 1.29 is 13.7 Å². The Bertz CT molecular complexity index is 1520. The van der Waals surface area contributed by atoms with Crippen molar-refractivity contribution in [2.45, 2.75) is 106 Å². The average Bonchev–Trinajstić information content (AvgIpc) is 3.90. The number of aromatic nitrogens is 4. The monoisotopic (exact) mass is 555 g/mol. The second-order valence-corrected chi connectivity index (χ2v) is 14.8. The Morgan fingerprint density at radius 3 is 2.39 bits per heavy atom. The highest BCUT2D eigenvalue weighted by Crippen LogP contribution is 2.70. The van der Waals surface area contributed by atoms with Crippen LogP contribution < -0.4 is 4.90 Å². The molecule has 8 fully saturated rings. The molecule has 0 unspecified atom stereocenters. The van der Waals surface area contributed by atoms with Crippen molar-refractivity contribution in [2.24, 2.45) is 17.9 Å². The van der Waals surface area contributed by atoms with Crippen LogP contribution in [0.5, 0.6) is 0 Å². The van der Waals surface area contributed by atoms with E-state index in [1.807, 2.05) is 11.0 Å². The van der Waals surface area contributed by atoms with Crippen LogP contribution in [-0.2, 0) is 17.3 Å². The molecule has 41 heavy (non-hydrogen) atoms. The molecule has 7 nitrogen and oxygen atoms in total. The van der Waals surface area contributed by atoms with Crippen molar-refractivity contribution in [3.05, 3.63) is 48.0 Å². The zero-order valence-electron chi connectivity index (χ0n) is 23.9. The zero-order chi connectivity index (χ0) is 27.6. The molecule has 8 heteroatoms. The van der Waals surface area contributed by atoms with Gasteiger partial charge in [0.15, 0.2) is 5.82 Å². The van der Waals surface area contributed by atoms with Crippen LogP contribution in [0.15, 0.2) is 35.0 Å². The summed E-state index contributed by atoms with van der Waals surface area (Å²) in [6.45, 7) is 0.694. The van der Waals surface area contributed by atoms with E-state index < -0.39 is 11.1 Å². The molecule has 0 N–H and O–H groups in total. The average molecular weight is 556 g/mol. The molecule has 0 aliphatic heterocycles. The van der Waals surface area contributed by atoms with Gasteiger partial charge in [0, 0.05) is 48.3 Å². The van der Waals surface area contributed by atoms with Gasteiger partial charge in [0.25, 0.3) is 0 Å². The van der Waals surface area contributed by atoms with E-state index in [-0.39, 0.29) is 16.7 Å². The number of amides is 1. The summed E-state index contributed by atoms with van der Waals surface area (Å²) in [6, 6.07) is 8.34. The molecule has 0 saturated heterocycles. The van der Waals surface area contributed by atoms with E-state index in [1.54, 1.807) is 0 Å². The van der Waals surface area contributed by atoms with E-state index in [0.717, 1.165) is 73.0 Å². The van der Waals surface area contributed by atoms with Gasteiger partial charge in [-0.25, -0.2) is 9.37 Å². The fraction of sp³-hybridized carbons (Fsp3) is 0.636. The molecule has 11 rings (SSSR count). The van der Waals surface area contributed by atoms with Gasteiger partial charge in [-0.05, 0) is 101 Å². The molecule has 214 valence electrons. The van der Waals surface area contributed by atoms with Crippen molar-refractivity contribution in [3.63, 3.8) is 0 Å². The first kappa shape index (κ1) is 24.6. The number of anilines is 1. The number of carbonyl (C=O) groups excluding carboxylic acids is 1. The molecule has 1 aromatic carbocycles. The van der Waals surface area contributed by atoms with Crippen LogP contribution in [0, 0.1) is 10.8 Å². The van der Waals surface area contributed by atoms with Crippen molar-refractivity contribution in [3.8, 4) is 11.3 Å². The van der Waals surface area contributed by atoms with Gasteiger partial charge in [-0.3, -0.25) is 4.79 Å². The van der Waals surface area contributed by atoms with E-state index in [0.29, 0.717) is 37.6 Å². The van der Waals surface area contributed by atoms with E-state index in [4.69, 9.17) is 14.5 Å².